The predicted molar refractivity (Wildman–Crippen MR) is 73.8 cm³/mol. The van der Waals surface area contributed by atoms with E-state index in [0.29, 0.717) is 0 Å². The molecule has 0 aliphatic heterocycles. The molecule has 1 aromatic heterocycles. The molecule has 84 valence electrons. The summed E-state index contributed by atoms with van der Waals surface area (Å²) in [5.41, 5.74) is 3.02. The summed E-state index contributed by atoms with van der Waals surface area (Å²) in [5, 5.41) is 2.52. The number of H-pyrrole nitrogens is 1. The Kier molecular flexibility index (Phi) is 2.58. The standard InChI is InChI=1S/C14H9Cl2N/c15-10-7-5-9(6-8-10)14-13(16)11-3-1-2-4-12(11)17-14/h1-8,17H. The summed E-state index contributed by atoms with van der Waals surface area (Å²) in [6, 6.07) is 15.6. The number of nitrogens with one attached hydrogen (secondary N) is 1. The minimum atomic E-state index is 0.723. The van der Waals surface area contributed by atoms with Gasteiger partial charge >= 0.3 is 0 Å². The summed E-state index contributed by atoms with van der Waals surface area (Å²) < 4.78 is 0. The highest BCUT2D eigenvalue weighted by Crippen LogP contribution is 2.34. The minimum absolute atomic E-state index is 0.723. The van der Waals surface area contributed by atoms with Crippen LogP contribution in [-0.4, -0.2) is 4.98 Å². The molecule has 0 fully saturated rings. The fourth-order valence-electron chi connectivity index (χ4n) is 1.92. The molecule has 0 radical (unpaired) electrons. The number of aromatic nitrogens is 1. The van der Waals surface area contributed by atoms with Crippen molar-refractivity contribution >= 4 is 34.1 Å². The maximum Gasteiger partial charge on any atom is 0.0740 e. The van der Waals surface area contributed by atoms with Gasteiger partial charge in [0, 0.05) is 15.9 Å². The molecule has 1 nitrogen and oxygen atoms in total. The van der Waals surface area contributed by atoms with Crippen LogP contribution < -0.4 is 0 Å². The van der Waals surface area contributed by atoms with E-state index in [1.807, 2.05) is 48.5 Å². The zero-order valence-electron chi connectivity index (χ0n) is 8.87. The van der Waals surface area contributed by atoms with Gasteiger partial charge in [-0.3, -0.25) is 0 Å². The van der Waals surface area contributed by atoms with Gasteiger partial charge in [-0.05, 0) is 23.8 Å². The van der Waals surface area contributed by atoms with E-state index in [0.717, 1.165) is 32.2 Å². The summed E-state index contributed by atoms with van der Waals surface area (Å²) in [4.78, 5) is 3.32. The number of aromatic amines is 1. The second-order valence-electron chi connectivity index (χ2n) is 3.87. The molecule has 1 N–H and O–H groups in total. The van der Waals surface area contributed by atoms with Crippen LogP contribution in [0.1, 0.15) is 0 Å². The van der Waals surface area contributed by atoms with Crippen LogP contribution in [0.5, 0.6) is 0 Å². The van der Waals surface area contributed by atoms with E-state index in [1.165, 1.54) is 0 Å². The molecule has 0 aliphatic carbocycles. The van der Waals surface area contributed by atoms with Crippen molar-refractivity contribution in [2.75, 3.05) is 0 Å². The molecule has 17 heavy (non-hydrogen) atoms. The molecule has 3 rings (SSSR count). The highest BCUT2D eigenvalue weighted by atomic mass is 35.5. The molecule has 0 aliphatic rings. The van der Waals surface area contributed by atoms with Gasteiger partial charge in [-0.1, -0.05) is 53.5 Å². The van der Waals surface area contributed by atoms with Gasteiger partial charge in [-0.2, -0.15) is 0 Å². The molecule has 1 heterocycles. The maximum atomic E-state index is 6.37. The summed E-state index contributed by atoms with van der Waals surface area (Å²) in [6.07, 6.45) is 0. The zero-order valence-corrected chi connectivity index (χ0v) is 10.4. The van der Waals surface area contributed by atoms with Crippen molar-refractivity contribution in [3.05, 3.63) is 58.6 Å². The van der Waals surface area contributed by atoms with Crippen molar-refractivity contribution in [1.29, 1.82) is 0 Å². The number of benzene rings is 2. The Labute approximate surface area is 109 Å². The molecular formula is C14H9Cl2N. The van der Waals surface area contributed by atoms with Crippen LogP contribution in [0.4, 0.5) is 0 Å². The fourth-order valence-corrected chi connectivity index (χ4v) is 2.37. The first-order chi connectivity index (χ1) is 8.25. The second kappa shape index (κ2) is 4.10. The minimum Gasteiger partial charge on any atom is -0.353 e. The summed E-state index contributed by atoms with van der Waals surface area (Å²) in [7, 11) is 0. The molecule has 0 spiro atoms. The third kappa shape index (κ3) is 1.82. The smallest absolute Gasteiger partial charge is 0.0740 e. The first-order valence-electron chi connectivity index (χ1n) is 5.28. The lowest BCUT2D eigenvalue weighted by Crippen LogP contribution is -1.77. The van der Waals surface area contributed by atoms with Crippen molar-refractivity contribution < 1.29 is 0 Å². The third-order valence-corrected chi connectivity index (χ3v) is 3.42. The Balaban J connectivity index is 2.24. The Morgan fingerprint density at radius 3 is 2.24 bits per heavy atom. The van der Waals surface area contributed by atoms with Crippen molar-refractivity contribution in [2.24, 2.45) is 0 Å². The van der Waals surface area contributed by atoms with Gasteiger partial charge < -0.3 is 4.98 Å². The summed E-state index contributed by atoms with van der Waals surface area (Å²) in [5.74, 6) is 0. The number of hydrogen-bond donors (Lipinski definition) is 1. The SMILES string of the molecule is Clc1ccc(-c2[nH]c3ccccc3c2Cl)cc1. The lowest BCUT2D eigenvalue weighted by atomic mass is 10.1. The average Bonchev–Trinajstić information content (AvgIpc) is 2.69. The van der Waals surface area contributed by atoms with E-state index in [9.17, 15) is 0 Å². The first-order valence-corrected chi connectivity index (χ1v) is 6.03. The molecule has 0 bridgehead atoms. The van der Waals surface area contributed by atoms with Gasteiger partial charge in [0.1, 0.15) is 0 Å². The molecule has 0 amide bonds. The van der Waals surface area contributed by atoms with Crippen molar-refractivity contribution in [3.63, 3.8) is 0 Å². The summed E-state index contributed by atoms with van der Waals surface area (Å²) >= 11 is 12.2. The monoisotopic (exact) mass is 261 g/mol. The molecule has 2 aromatic carbocycles. The predicted octanol–water partition coefficient (Wildman–Crippen LogP) is 5.14. The Bertz CT molecular complexity index is 668. The number of fused-ring (bicyclic) bond motifs is 1. The fraction of sp³-hybridized carbons (Fsp3) is 0. The van der Waals surface area contributed by atoms with Crippen molar-refractivity contribution in [3.8, 4) is 11.3 Å². The molecule has 0 saturated heterocycles. The van der Waals surface area contributed by atoms with Crippen molar-refractivity contribution in [1.82, 2.24) is 4.98 Å². The van der Waals surface area contributed by atoms with Gasteiger partial charge in [0.25, 0.3) is 0 Å². The van der Waals surface area contributed by atoms with Crippen LogP contribution in [0.3, 0.4) is 0 Å². The first kappa shape index (κ1) is 10.7. The van der Waals surface area contributed by atoms with Gasteiger partial charge in [0.15, 0.2) is 0 Å². The van der Waals surface area contributed by atoms with Crippen molar-refractivity contribution in [2.45, 2.75) is 0 Å². The van der Waals surface area contributed by atoms with Gasteiger partial charge in [0.2, 0.25) is 0 Å². The second-order valence-corrected chi connectivity index (χ2v) is 4.68. The highest BCUT2D eigenvalue weighted by Gasteiger charge is 2.10. The lowest BCUT2D eigenvalue weighted by molar-refractivity contribution is 1.45. The lowest BCUT2D eigenvalue weighted by Gasteiger charge is -1.99. The van der Waals surface area contributed by atoms with Crippen LogP contribution in [0.2, 0.25) is 10.0 Å². The van der Waals surface area contributed by atoms with E-state index in [1.54, 1.807) is 0 Å². The zero-order chi connectivity index (χ0) is 11.8. The van der Waals surface area contributed by atoms with Gasteiger partial charge in [-0.15, -0.1) is 0 Å². The average molecular weight is 262 g/mol. The topological polar surface area (TPSA) is 15.8 Å². The van der Waals surface area contributed by atoms with E-state index >= 15 is 0 Å². The molecule has 0 saturated carbocycles. The van der Waals surface area contributed by atoms with E-state index in [2.05, 4.69) is 4.98 Å². The molecule has 3 heteroatoms. The number of para-hydroxylation sites is 1. The summed E-state index contributed by atoms with van der Waals surface area (Å²) in [6.45, 7) is 0. The van der Waals surface area contributed by atoms with Crippen LogP contribution in [-0.2, 0) is 0 Å². The third-order valence-electron chi connectivity index (χ3n) is 2.78. The normalized spacial score (nSPS) is 10.9. The van der Waals surface area contributed by atoms with Gasteiger partial charge in [-0.25, -0.2) is 0 Å². The molecule has 3 aromatic rings. The number of hydrogen-bond acceptors (Lipinski definition) is 0. The van der Waals surface area contributed by atoms with Crippen LogP contribution >= 0.6 is 23.2 Å². The highest BCUT2D eigenvalue weighted by molar-refractivity contribution is 6.38. The molecular weight excluding hydrogens is 253 g/mol. The Morgan fingerprint density at radius 1 is 0.824 bits per heavy atom. The Morgan fingerprint density at radius 2 is 1.53 bits per heavy atom. The maximum absolute atomic E-state index is 6.37. The molecule has 0 unspecified atom stereocenters. The van der Waals surface area contributed by atoms with Crippen LogP contribution in [0.25, 0.3) is 22.2 Å². The van der Waals surface area contributed by atoms with Crippen LogP contribution in [0, 0.1) is 0 Å². The van der Waals surface area contributed by atoms with E-state index in [4.69, 9.17) is 23.2 Å². The quantitative estimate of drug-likeness (QED) is 0.624. The number of rotatable bonds is 1. The van der Waals surface area contributed by atoms with Crippen LogP contribution in [0.15, 0.2) is 48.5 Å². The number of halogens is 2. The molecule has 0 atom stereocenters. The van der Waals surface area contributed by atoms with E-state index in [-0.39, 0.29) is 0 Å². The van der Waals surface area contributed by atoms with E-state index < -0.39 is 0 Å². The largest absolute Gasteiger partial charge is 0.353 e. The Hall–Kier alpha value is -1.44. The van der Waals surface area contributed by atoms with Gasteiger partial charge in [0.05, 0.1) is 10.7 Å².